The number of hydrogen-bond acceptors (Lipinski definition) is 6. The van der Waals surface area contributed by atoms with E-state index in [9.17, 15) is 0 Å². The van der Waals surface area contributed by atoms with Gasteiger partial charge in [-0.25, -0.2) is 0 Å². The fourth-order valence-corrected chi connectivity index (χ4v) is 4.06. The second-order valence-corrected chi connectivity index (χ2v) is 7.46. The van der Waals surface area contributed by atoms with Crippen LogP contribution < -0.4 is 10.6 Å². The third kappa shape index (κ3) is 5.65. The topological polar surface area (TPSA) is 87.8 Å². The molecule has 0 spiro atoms. The normalized spacial score (nSPS) is 21.5. The molecule has 1 unspecified atom stereocenters. The van der Waals surface area contributed by atoms with Crippen LogP contribution in [0.5, 0.6) is 0 Å². The zero-order chi connectivity index (χ0) is 19.1. The first-order valence-corrected chi connectivity index (χ1v) is 10.3. The van der Waals surface area contributed by atoms with E-state index in [1.165, 1.54) is 38.8 Å². The average Bonchev–Trinajstić information content (AvgIpc) is 3.38. The van der Waals surface area contributed by atoms with Gasteiger partial charge in [-0.1, -0.05) is 18.0 Å². The lowest BCUT2D eigenvalue weighted by molar-refractivity contribution is 0.0683. The van der Waals surface area contributed by atoms with Gasteiger partial charge in [0.25, 0.3) is 0 Å². The summed E-state index contributed by atoms with van der Waals surface area (Å²) >= 11 is 0. The van der Waals surface area contributed by atoms with Gasteiger partial charge in [-0.3, -0.25) is 4.99 Å². The standard InChI is InChI=1S/C19H34N6O2/c1-4-26-14(2)18-23-17(27-24-18)13-21-19(20-3)22-15-9-11-25(12-10-15)16-7-5-6-8-16/h14-16H,4-13H2,1-3H3,(H2,20,21,22). The van der Waals surface area contributed by atoms with Crippen LogP contribution in [-0.4, -0.2) is 59.8 Å². The van der Waals surface area contributed by atoms with E-state index >= 15 is 0 Å². The quantitative estimate of drug-likeness (QED) is 0.556. The van der Waals surface area contributed by atoms with Gasteiger partial charge in [-0.2, -0.15) is 4.98 Å². The van der Waals surface area contributed by atoms with E-state index < -0.39 is 0 Å². The Morgan fingerprint density at radius 2 is 2.04 bits per heavy atom. The maximum Gasteiger partial charge on any atom is 0.246 e. The molecule has 1 aliphatic heterocycles. The molecule has 2 heterocycles. The minimum absolute atomic E-state index is 0.157. The SMILES string of the molecule is CCOC(C)c1noc(CNC(=NC)NC2CCN(C3CCCC3)CC2)n1. The molecule has 8 heteroatoms. The van der Waals surface area contributed by atoms with Crippen molar-refractivity contribution < 1.29 is 9.26 Å². The Hall–Kier alpha value is -1.67. The maximum atomic E-state index is 5.49. The van der Waals surface area contributed by atoms with Crippen LogP contribution in [0.25, 0.3) is 0 Å². The number of likely N-dealkylation sites (tertiary alicyclic amines) is 1. The zero-order valence-electron chi connectivity index (χ0n) is 16.9. The van der Waals surface area contributed by atoms with E-state index in [0.29, 0.717) is 30.9 Å². The summed E-state index contributed by atoms with van der Waals surface area (Å²) < 4.78 is 10.8. The van der Waals surface area contributed by atoms with Gasteiger partial charge in [0, 0.05) is 38.8 Å². The first-order valence-electron chi connectivity index (χ1n) is 10.3. The van der Waals surface area contributed by atoms with Crippen molar-refractivity contribution >= 4 is 5.96 Å². The molecule has 0 bridgehead atoms. The van der Waals surface area contributed by atoms with Crippen molar-refractivity contribution in [3.63, 3.8) is 0 Å². The highest BCUT2D eigenvalue weighted by atomic mass is 16.5. The highest BCUT2D eigenvalue weighted by molar-refractivity contribution is 5.79. The number of aromatic nitrogens is 2. The van der Waals surface area contributed by atoms with Gasteiger partial charge < -0.3 is 24.8 Å². The molecular formula is C19H34N6O2. The average molecular weight is 379 g/mol. The lowest BCUT2D eigenvalue weighted by atomic mass is 10.0. The Labute approximate surface area is 162 Å². The predicted octanol–water partition coefficient (Wildman–Crippen LogP) is 2.24. The number of hydrogen-bond donors (Lipinski definition) is 2. The Morgan fingerprint density at radius 1 is 1.30 bits per heavy atom. The van der Waals surface area contributed by atoms with Gasteiger partial charge in [-0.05, 0) is 39.5 Å². The fraction of sp³-hybridized carbons (Fsp3) is 0.842. The van der Waals surface area contributed by atoms with Crippen molar-refractivity contribution in [1.82, 2.24) is 25.7 Å². The van der Waals surface area contributed by atoms with Gasteiger partial charge in [0.1, 0.15) is 6.10 Å². The first kappa shape index (κ1) is 20.1. The Kier molecular flexibility index (Phi) is 7.46. The lowest BCUT2D eigenvalue weighted by Crippen LogP contribution is -2.50. The number of nitrogens with zero attached hydrogens (tertiary/aromatic N) is 4. The third-order valence-electron chi connectivity index (χ3n) is 5.61. The van der Waals surface area contributed by atoms with Crippen molar-refractivity contribution in [2.45, 2.75) is 77.1 Å². The highest BCUT2D eigenvalue weighted by Crippen LogP contribution is 2.26. The van der Waals surface area contributed by atoms with E-state index in [1.807, 2.05) is 13.8 Å². The summed E-state index contributed by atoms with van der Waals surface area (Å²) in [6.07, 6.45) is 7.74. The van der Waals surface area contributed by atoms with Crippen LogP contribution in [0.1, 0.15) is 70.2 Å². The number of rotatable bonds is 7. The van der Waals surface area contributed by atoms with Gasteiger partial charge >= 0.3 is 0 Å². The monoisotopic (exact) mass is 378 g/mol. The summed E-state index contributed by atoms with van der Waals surface area (Å²) in [6, 6.07) is 1.29. The van der Waals surface area contributed by atoms with Crippen LogP contribution >= 0.6 is 0 Å². The summed E-state index contributed by atoms with van der Waals surface area (Å²) in [7, 11) is 1.79. The molecule has 0 amide bonds. The molecule has 152 valence electrons. The largest absolute Gasteiger partial charge is 0.371 e. The molecule has 1 aromatic heterocycles. The molecule has 2 N–H and O–H groups in total. The third-order valence-corrected chi connectivity index (χ3v) is 5.61. The first-order chi connectivity index (χ1) is 13.2. The van der Waals surface area contributed by atoms with E-state index in [1.54, 1.807) is 7.05 Å². The minimum Gasteiger partial charge on any atom is -0.371 e. The fourth-order valence-electron chi connectivity index (χ4n) is 4.06. The number of aliphatic imine (C=N–C) groups is 1. The lowest BCUT2D eigenvalue weighted by Gasteiger charge is -2.36. The molecule has 0 radical (unpaired) electrons. The van der Waals surface area contributed by atoms with Crippen molar-refractivity contribution in [3.8, 4) is 0 Å². The van der Waals surface area contributed by atoms with Crippen LogP contribution in [0.4, 0.5) is 0 Å². The molecule has 27 heavy (non-hydrogen) atoms. The molecule has 1 aromatic rings. The van der Waals surface area contributed by atoms with Gasteiger partial charge in [-0.15, -0.1) is 0 Å². The Balaban J connectivity index is 1.41. The van der Waals surface area contributed by atoms with Gasteiger partial charge in [0.2, 0.25) is 5.89 Å². The van der Waals surface area contributed by atoms with E-state index in [0.717, 1.165) is 24.8 Å². The minimum atomic E-state index is -0.157. The van der Waals surface area contributed by atoms with Crippen LogP contribution in [-0.2, 0) is 11.3 Å². The summed E-state index contributed by atoms with van der Waals surface area (Å²) in [5.41, 5.74) is 0. The second-order valence-electron chi connectivity index (χ2n) is 7.46. The maximum absolute atomic E-state index is 5.49. The van der Waals surface area contributed by atoms with Crippen LogP contribution in [0, 0.1) is 0 Å². The molecule has 3 rings (SSSR count). The van der Waals surface area contributed by atoms with E-state index in [4.69, 9.17) is 9.26 Å². The van der Waals surface area contributed by atoms with Crippen LogP contribution in [0.15, 0.2) is 9.52 Å². The smallest absolute Gasteiger partial charge is 0.246 e. The summed E-state index contributed by atoms with van der Waals surface area (Å²) in [5, 5.41) is 10.8. The van der Waals surface area contributed by atoms with Crippen LogP contribution in [0.3, 0.4) is 0 Å². The number of piperidine rings is 1. The molecule has 1 saturated heterocycles. The molecule has 8 nitrogen and oxygen atoms in total. The number of ether oxygens (including phenoxy) is 1. The molecule has 1 saturated carbocycles. The van der Waals surface area contributed by atoms with E-state index in [2.05, 4.69) is 30.7 Å². The summed E-state index contributed by atoms with van der Waals surface area (Å²) in [6.45, 7) is 7.31. The molecular weight excluding hydrogens is 344 g/mol. The molecule has 2 fully saturated rings. The van der Waals surface area contributed by atoms with Crippen LogP contribution in [0.2, 0.25) is 0 Å². The number of guanidine groups is 1. The summed E-state index contributed by atoms with van der Waals surface area (Å²) in [5.74, 6) is 1.90. The Bertz CT molecular complexity index is 591. The van der Waals surface area contributed by atoms with Gasteiger partial charge in [0.05, 0.1) is 6.54 Å². The molecule has 1 aliphatic carbocycles. The van der Waals surface area contributed by atoms with E-state index in [-0.39, 0.29) is 6.10 Å². The molecule has 1 atom stereocenters. The number of nitrogens with one attached hydrogen (secondary N) is 2. The van der Waals surface area contributed by atoms with Crippen molar-refractivity contribution in [2.75, 3.05) is 26.7 Å². The van der Waals surface area contributed by atoms with Crippen molar-refractivity contribution in [2.24, 2.45) is 4.99 Å². The Morgan fingerprint density at radius 3 is 2.70 bits per heavy atom. The highest BCUT2D eigenvalue weighted by Gasteiger charge is 2.27. The van der Waals surface area contributed by atoms with Crippen molar-refractivity contribution in [3.05, 3.63) is 11.7 Å². The predicted molar refractivity (Wildman–Crippen MR) is 105 cm³/mol. The zero-order valence-corrected chi connectivity index (χ0v) is 16.9. The summed E-state index contributed by atoms with van der Waals surface area (Å²) in [4.78, 5) is 11.4. The van der Waals surface area contributed by atoms with Gasteiger partial charge in [0.15, 0.2) is 11.8 Å². The second kappa shape index (κ2) is 10.0. The molecule has 0 aromatic carbocycles. The van der Waals surface area contributed by atoms with Crippen molar-refractivity contribution in [1.29, 1.82) is 0 Å². The molecule has 2 aliphatic rings.